The molecular formula is C17H18N6O3. The molecule has 2 heterocycles. The summed E-state index contributed by atoms with van der Waals surface area (Å²) in [5.41, 5.74) is 2.20. The number of hydrogen-bond donors (Lipinski definition) is 5. The Morgan fingerprint density at radius 3 is 2.54 bits per heavy atom. The molecule has 0 aliphatic carbocycles. The topological polar surface area (TPSA) is 136 Å². The van der Waals surface area contributed by atoms with Crippen molar-refractivity contribution in [3.63, 3.8) is 0 Å². The Kier molecular flexibility index (Phi) is 4.97. The highest BCUT2D eigenvalue weighted by atomic mass is 16.2. The number of nitrogens with zero attached hydrogens (tertiary/aromatic N) is 1. The van der Waals surface area contributed by atoms with Gasteiger partial charge in [0.05, 0.1) is 6.33 Å². The number of aryl methyl sites for hydroxylation is 1. The number of ketones is 1. The largest absolute Gasteiger partial charge is 0.348 e. The van der Waals surface area contributed by atoms with Crippen LogP contribution in [0.2, 0.25) is 0 Å². The molecule has 0 fully saturated rings. The van der Waals surface area contributed by atoms with Gasteiger partial charge in [-0.3, -0.25) is 4.79 Å². The monoisotopic (exact) mass is 354 g/mol. The number of anilines is 1. The number of nitrogens with one attached hydrogen (secondary N) is 5. The number of imidazole rings is 2. The third kappa shape index (κ3) is 4.07. The second kappa shape index (κ2) is 7.51. The number of benzene rings is 1. The average molecular weight is 354 g/mol. The Bertz CT molecular complexity index is 953. The van der Waals surface area contributed by atoms with E-state index >= 15 is 0 Å². The van der Waals surface area contributed by atoms with Crippen molar-refractivity contribution in [2.24, 2.45) is 0 Å². The number of H-pyrrole nitrogens is 3. The maximum atomic E-state index is 12.4. The average Bonchev–Trinajstić information content (AvgIpc) is 3.24. The first-order valence-corrected chi connectivity index (χ1v) is 7.98. The molecule has 3 rings (SSSR count). The fourth-order valence-electron chi connectivity index (χ4n) is 2.46. The van der Waals surface area contributed by atoms with Crippen LogP contribution in [0, 0.1) is 6.92 Å². The van der Waals surface area contributed by atoms with Gasteiger partial charge in [-0.15, -0.1) is 0 Å². The lowest BCUT2D eigenvalue weighted by atomic mass is 10.1. The summed E-state index contributed by atoms with van der Waals surface area (Å²) in [4.78, 5) is 47.4. The van der Waals surface area contributed by atoms with Crippen molar-refractivity contribution in [1.29, 1.82) is 0 Å². The fraction of sp³-hybridized carbons (Fsp3) is 0.176. The Morgan fingerprint density at radius 1 is 1.15 bits per heavy atom. The van der Waals surface area contributed by atoms with Gasteiger partial charge in [0, 0.05) is 41.8 Å². The van der Waals surface area contributed by atoms with Crippen molar-refractivity contribution in [1.82, 2.24) is 25.3 Å². The molecule has 0 saturated heterocycles. The molecule has 134 valence electrons. The number of urea groups is 1. The van der Waals surface area contributed by atoms with E-state index in [4.69, 9.17) is 0 Å². The molecule has 1 aromatic carbocycles. The summed E-state index contributed by atoms with van der Waals surface area (Å²) in [7, 11) is 0. The second-order valence-corrected chi connectivity index (χ2v) is 5.69. The molecule has 0 radical (unpaired) electrons. The molecular weight excluding hydrogens is 336 g/mol. The van der Waals surface area contributed by atoms with Crippen LogP contribution in [0.4, 0.5) is 10.5 Å². The molecule has 0 saturated carbocycles. The van der Waals surface area contributed by atoms with Gasteiger partial charge in [0.2, 0.25) is 5.78 Å². The summed E-state index contributed by atoms with van der Waals surface area (Å²) >= 11 is 0. The Morgan fingerprint density at radius 2 is 1.92 bits per heavy atom. The highest BCUT2D eigenvalue weighted by molar-refractivity contribution is 6.08. The lowest BCUT2D eigenvalue weighted by Gasteiger charge is -2.08. The van der Waals surface area contributed by atoms with Gasteiger partial charge in [-0.1, -0.05) is 0 Å². The molecule has 0 aliphatic rings. The number of carbonyl (C=O) groups excluding carboxylic acids is 2. The zero-order chi connectivity index (χ0) is 18.5. The number of hydrogen-bond acceptors (Lipinski definition) is 4. The van der Waals surface area contributed by atoms with E-state index in [0.717, 1.165) is 5.69 Å². The lowest BCUT2D eigenvalue weighted by molar-refractivity contribution is 0.103. The van der Waals surface area contributed by atoms with Crippen LogP contribution in [-0.2, 0) is 6.42 Å². The minimum absolute atomic E-state index is 0.229. The Balaban J connectivity index is 1.55. The molecule has 0 bridgehead atoms. The smallest absolute Gasteiger partial charge is 0.323 e. The predicted octanol–water partition coefficient (Wildman–Crippen LogP) is 1.33. The summed E-state index contributed by atoms with van der Waals surface area (Å²) < 4.78 is 0. The van der Waals surface area contributed by atoms with E-state index in [1.54, 1.807) is 43.7 Å². The third-order valence-corrected chi connectivity index (χ3v) is 3.78. The van der Waals surface area contributed by atoms with Crippen molar-refractivity contribution < 1.29 is 9.59 Å². The van der Waals surface area contributed by atoms with Crippen LogP contribution in [0.1, 0.15) is 27.4 Å². The minimum Gasteiger partial charge on any atom is -0.348 e. The maximum Gasteiger partial charge on any atom is 0.323 e. The van der Waals surface area contributed by atoms with Gasteiger partial charge < -0.3 is 25.6 Å². The zero-order valence-electron chi connectivity index (χ0n) is 14.1. The first kappa shape index (κ1) is 17.2. The van der Waals surface area contributed by atoms with E-state index in [9.17, 15) is 14.4 Å². The summed E-state index contributed by atoms with van der Waals surface area (Å²) in [6.45, 7) is 2.11. The van der Waals surface area contributed by atoms with Crippen molar-refractivity contribution in [2.45, 2.75) is 13.3 Å². The summed E-state index contributed by atoms with van der Waals surface area (Å²) in [5.74, 6) is -0.295. The number of amides is 2. The van der Waals surface area contributed by atoms with Crippen LogP contribution in [0.25, 0.3) is 0 Å². The highest BCUT2D eigenvalue weighted by Gasteiger charge is 2.14. The van der Waals surface area contributed by atoms with Crippen LogP contribution in [0.3, 0.4) is 0 Å². The molecule has 2 aromatic heterocycles. The minimum atomic E-state index is -0.420. The van der Waals surface area contributed by atoms with Crippen molar-refractivity contribution in [3.05, 3.63) is 69.9 Å². The van der Waals surface area contributed by atoms with Crippen molar-refractivity contribution in [3.8, 4) is 0 Å². The van der Waals surface area contributed by atoms with E-state index in [1.165, 1.54) is 0 Å². The van der Waals surface area contributed by atoms with E-state index in [2.05, 4.69) is 30.6 Å². The Hall–Kier alpha value is -3.62. The maximum absolute atomic E-state index is 12.4. The highest BCUT2D eigenvalue weighted by Crippen LogP contribution is 2.13. The first-order valence-electron chi connectivity index (χ1n) is 7.98. The predicted molar refractivity (Wildman–Crippen MR) is 95.3 cm³/mol. The van der Waals surface area contributed by atoms with E-state index < -0.39 is 5.69 Å². The van der Waals surface area contributed by atoms with Gasteiger partial charge in [-0.05, 0) is 31.2 Å². The first-order chi connectivity index (χ1) is 12.5. The van der Waals surface area contributed by atoms with Crippen molar-refractivity contribution in [2.75, 3.05) is 11.9 Å². The Labute approximate surface area is 148 Å². The van der Waals surface area contributed by atoms with Gasteiger partial charge in [0.25, 0.3) is 0 Å². The van der Waals surface area contributed by atoms with Crippen LogP contribution >= 0.6 is 0 Å². The molecule has 0 spiro atoms. The molecule has 5 N–H and O–H groups in total. The molecule has 0 atom stereocenters. The number of aromatic nitrogens is 4. The molecule has 0 unspecified atom stereocenters. The summed E-state index contributed by atoms with van der Waals surface area (Å²) in [6, 6.07) is 6.10. The van der Waals surface area contributed by atoms with E-state index in [-0.39, 0.29) is 17.5 Å². The summed E-state index contributed by atoms with van der Waals surface area (Å²) in [5, 5.41) is 5.43. The molecule has 2 amide bonds. The number of rotatable bonds is 6. The van der Waals surface area contributed by atoms with Gasteiger partial charge in [-0.25, -0.2) is 14.6 Å². The van der Waals surface area contributed by atoms with Crippen LogP contribution in [0.5, 0.6) is 0 Å². The summed E-state index contributed by atoms with van der Waals surface area (Å²) in [6.07, 6.45) is 3.94. The SMILES string of the molecule is Cc1[nH]c(=O)[nH]c1C(=O)c1ccc(NC(=O)NCCc2cnc[nH]2)cc1. The van der Waals surface area contributed by atoms with Crippen molar-refractivity contribution >= 4 is 17.5 Å². The molecule has 26 heavy (non-hydrogen) atoms. The second-order valence-electron chi connectivity index (χ2n) is 5.69. The standard InChI is InChI=1S/C17H18N6O3/c1-10-14(23-17(26)21-10)15(24)11-2-4-12(5-3-11)22-16(25)19-7-6-13-8-18-9-20-13/h2-5,8-9H,6-7H2,1H3,(H,18,20)(H2,19,22,25)(H2,21,23,26). The fourth-order valence-corrected chi connectivity index (χ4v) is 2.46. The quantitative estimate of drug-likeness (QED) is 0.427. The lowest BCUT2D eigenvalue weighted by Crippen LogP contribution is -2.30. The van der Waals surface area contributed by atoms with Gasteiger partial charge in [-0.2, -0.15) is 0 Å². The van der Waals surface area contributed by atoms with E-state index in [1.807, 2.05) is 0 Å². The van der Waals surface area contributed by atoms with Crippen LogP contribution in [-0.4, -0.2) is 38.3 Å². The van der Waals surface area contributed by atoms with Crippen LogP contribution < -0.4 is 16.3 Å². The zero-order valence-corrected chi connectivity index (χ0v) is 14.1. The number of carbonyl (C=O) groups is 2. The van der Waals surface area contributed by atoms with Gasteiger partial charge >= 0.3 is 11.7 Å². The van der Waals surface area contributed by atoms with Crippen LogP contribution in [0.15, 0.2) is 41.6 Å². The third-order valence-electron chi connectivity index (χ3n) is 3.78. The van der Waals surface area contributed by atoms with Gasteiger partial charge in [0.1, 0.15) is 5.69 Å². The number of aromatic amines is 3. The molecule has 9 heteroatoms. The molecule has 9 nitrogen and oxygen atoms in total. The normalized spacial score (nSPS) is 10.5. The van der Waals surface area contributed by atoms with E-state index in [0.29, 0.717) is 29.9 Å². The van der Waals surface area contributed by atoms with Gasteiger partial charge in [0.15, 0.2) is 0 Å². The molecule has 3 aromatic rings. The molecule has 0 aliphatic heterocycles.